The number of esters is 1. The van der Waals surface area contributed by atoms with Crippen LogP contribution in [0.15, 0.2) is 5.11 Å². The zero-order chi connectivity index (χ0) is 32.2. The Labute approximate surface area is 249 Å². The Morgan fingerprint density at radius 2 is 1.64 bits per heavy atom. The van der Waals surface area contributed by atoms with E-state index < -0.39 is 77.1 Å². The highest BCUT2D eigenvalue weighted by molar-refractivity contribution is 6.00. The van der Waals surface area contributed by atoms with Crippen molar-refractivity contribution in [2.75, 3.05) is 6.54 Å². The molecule has 0 spiro atoms. The molecule has 12 atom stereocenters. The van der Waals surface area contributed by atoms with E-state index in [9.17, 15) is 29.7 Å². The van der Waals surface area contributed by atoms with Crippen molar-refractivity contribution in [2.45, 2.75) is 130 Å². The van der Waals surface area contributed by atoms with Gasteiger partial charge in [0.15, 0.2) is 12.1 Å². The lowest BCUT2D eigenvalue weighted by Gasteiger charge is -2.45. The summed E-state index contributed by atoms with van der Waals surface area (Å²) >= 11 is 0. The summed E-state index contributed by atoms with van der Waals surface area (Å²) in [6.07, 6.45) is -4.70. The first-order valence-corrected chi connectivity index (χ1v) is 15.0. The van der Waals surface area contributed by atoms with E-state index in [2.05, 4.69) is 10.0 Å². The van der Waals surface area contributed by atoms with Gasteiger partial charge in [-0.2, -0.15) is 0 Å². The van der Waals surface area contributed by atoms with E-state index >= 15 is 0 Å². The fourth-order valence-corrected chi connectivity index (χ4v) is 6.60. The average molecular weight is 598 g/mol. The van der Waals surface area contributed by atoms with E-state index in [4.69, 9.17) is 19.7 Å². The second-order valence-corrected chi connectivity index (χ2v) is 13.5. The Morgan fingerprint density at radius 3 is 2.24 bits per heavy atom. The number of cyclic esters (lactones) is 1. The number of hydrogen-bond donors (Lipinski definition) is 3. The summed E-state index contributed by atoms with van der Waals surface area (Å²) in [5.41, 5.74) is 5.75. The van der Waals surface area contributed by atoms with Gasteiger partial charge in [-0.1, -0.05) is 46.7 Å². The van der Waals surface area contributed by atoms with Crippen LogP contribution in [0.2, 0.25) is 0 Å². The van der Waals surface area contributed by atoms with Crippen molar-refractivity contribution in [2.24, 2.45) is 40.1 Å². The van der Waals surface area contributed by atoms with Gasteiger partial charge in [0, 0.05) is 29.2 Å². The fourth-order valence-electron chi connectivity index (χ4n) is 6.60. The second kappa shape index (κ2) is 14.6. The van der Waals surface area contributed by atoms with Gasteiger partial charge in [0.05, 0.1) is 18.3 Å². The van der Waals surface area contributed by atoms with Gasteiger partial charge in [-0.25, -0.2) is 0 Å². The molecule has 2 aliphatic heterocycles. The molecule has 0 amide bonds. The molecule has 2 rings (SSSR count). The number of aliphatic hydroxyl groups excluding tert-OH is 2. The summed E-state index contributed by atoms with van der Waals surface area (Å²) in [5, 5.41) is 37.0. The third kappa shape index (κ3) is 8.30. The Hall–Kier alpha value is -2.08. The maximum absolute atomic E-state index is 13.8. The monoisotopic (exact) mass is 597 g/mol. The first kappa shape index (κ1) is 36.1. The molecule has 2 fully saturated rings. The van der Waals surface area contributed by atoms with Gasteiger partial charge in [0.1, 0.15) is 29.5 Å². The molecule has 0 aromatic rings. The number of carbonyl (C=O) groups excluding carboxylic acids is 3. The Kier molecular flexibility index (Phi) is 12.6. The molecule has 2 aliphatic rings. The number of hydrogen-bond acceptors (Lipinski definition) is 10. The summed E-state index contributed by atoms with van der Waals surface area (Å²) < 4.78 is 18.0. The van der Waals surface area contributed by atoms with Gasteiger partial charge in [0.2, 0.25) is 0 Å². The number of nitrogens with zero attached hydrogens (tertiary/aromatic N) is 3. The van der Waals surface area contributed by atoms with Crippen LogP contribution in [0.4, 0.5) is 0 Å². The van der Waals surface area contributed by atoms with E-state index in [1.165, 1.54) is 20.8 Å². The number of rotatable bonds is 6. The van der Waals surface area contributed by atoms with Crippen LogP contribution in [-0.4, -0.2) is 81.8 Å². The van der Waals surface area contributed by atoms with E-state index in [-0.39, 0.29) is 43.6 Å². The quantitative estimate of drug-likeness (QED) is 0.102. The van der Waals surface area contributed by atoms with Gasteiger partial charge < -0.3 is 29.5 Å². The van der Waals surface area contributed by atoms with Crippen molar-refractivity contribution in [3.8, 4) is 0 Å². The van der Waals surface area contributed by atoms with Crippen LogP contribution in [0.5, 0.6) is 0 Å². The molecule has 0 radical (unpaired) electrons. The smallest absolute Gasteiger partial charge is 0.316 e. The van der Waals surface area contributed by atoms with Gasteiger partial charge in [-0.15, -0.1) is 0 Å². The molecule has 0 aromatic carbocycles. The molecule has 2 heterocycles. The number of azide groups is 1. The zero-order valence-electron chi connectivity index (χ0n) is 26.5. The average Bonchev–Trinajstić information content (AvgIpc) is 2.92. The number of ether oxygens (including phenoxy) is 3. The van der Waals surface area contributed by atoms with Crippen molar-refractivity contribution >= 4 is 17.5 Å². The van der Waals surface area contributed by atoms with Crippen molar-refractivity contribution in [1.29, 1.82) is 0 Å². The number of aliphatic hydroxyl groups is 3. The van der Waals surface area contributed by atoms with E-state index in [1.807, 2.05) is 27.7 Å². The highest BCUT2D eigenvalue weighted by Gasteiger charge is 2.50. The number of ketones is 2. The predicted octanol–water partition coefficient (Wildman–Crippen LogP) is 3.73. The topological polar surface area (TPSA) is 188 Å². The molecule has 42 heavy (non-hydrogen) atoms. The first-order valence-electron chi connectivity index (χ1n) is 15.0. The molecule has 0 aliphatic carbocycles. The maximum atomic E-state index is 13.8. The van der Waals surface area contributed by atoms with Crippen LogP contribution in [0, 0.1) is 35.0 Å². The Bertz CT molecular complexity index is 1010. The molecule has 0 aromatic heterocycles. The van der Waals surface area contributed by atoms with Gasteiger partial charge in [-0.3, -0.25) is 14.4 Å². The van der Waals surface area contributed by atoms with Crippen LogP contribution in [0.1, 0.15) is 88.0 Å². The van der Waals surface area contributed by atoms with Crippen LogP contribution < -0.4 is 0 Å². The third-order valence-corrected chi connectivity index (χ3v) is 9.20. The van der Waals surface area contributed by atoms with E-state index in [0.717, 1.165) is 0 Å². The minimum Gasteiger partial charge on any atom is -0.459 e. The number of carbonyl (C=O) groups is 3. The highest BCUT2D eigenvalue weighted by atomic mass is 16.7. The molecule has 3 N–H and O–H groups in total. The molecule has 240 valence electrons. The summed E-state index contributed by atoms with van der Waals surface area (Å²) in [7, 11) is 0. The molecule has 12 heteroatoms. The van der Waals surface area contributed by atoms with Crippen LogP contribution in [-0.2, 0) is 28.6 Å². The summed E-state index contributed by atoms with van der Waals surface area (Å²) in [5.74, 6) is -5.51. The van der Waals surface area contributed by atoms with Gasteiger partial charge >= 0.3 is 5.97 Å². The van der Waals surface area contributed by atoms with Crippen molar-refractivity contribution in [1.82, 2.24) is 0 Å². The van der Waals surface area contributed by atoms with Crippen molar-refractivity contribution < 1.29 is 43.9 Å². The summed E-state index contributed by atoms with van der Waals surface area (Å²) in [6.45, 7) is 15.2. The molecular formula is C30H51N3O9. The second-order valence-electron chi connectivity index (χ2n) is 13.5. The largest absolute Gasteiger partial charge is 0.459 e. The predicted molar refractivity (Wildman–Crippen MR) is 154 cm³/mol. The molecule has 0 saturated carbocycles. The number of Topliss-reactive ketones (excluding diaryl/α,β-unsaturated/α-hetero) is 2. The first-order chi connectivity index (χ1) is 19.4. The normalized spacial score (nSPS) is 42.3. The maximum Gasteiger partial charge on any atom is 0.316 e. The zero-order valence-corrected chi connectivity index (χ0v) is 26.5. The SMILES string of the molecule is CC1CC(C)C(O)C(O[C@@H]2[C@@H](C)C(=O)[C@@H](C)C(=O)O[C@H](CCCN=[N+]=[N-])[C@@](C)(O)[C@H](O)[C@@H](C)C(=O)[C@H](C)CC2(C)C)O1. The molecule has 12 nitrogen and oxygen atoms in total. The lowest BCUT2D eigenvalue weighted by Crippen LogP contribution is -2.57. The molecule has 4 unspecified atom stereocenters. The molecule has 0 bridgehead atoms. The van der Waals surface area contributed by atoms with E-state index in [1.54, 1.807) is 13.8 Å². The summed E-state index contributed by atoms with van der Waals surface area (Å²) in [6, 6.07) is 0. The minimum atomic E-state index is -2.04. The van der Waals surface area contributed by atoms with Gasteiger partial charge in [0.25, 0.3) is 0 Å². The minimum absolute atomic E-state index is 0.0216. The van der Waals surface area contributed by atoms with Crippen LogP contribution >= 0.6 is 0 Å². The van der Waals surface area contributed by atoms with Crippen LogP contribution in [0.25, 0.3) is 10.4 Å². The van der Waals surface area contributed by atoms with Gasteiger partial charge in [-0.05, 0) is 63.3 Å². The van der Waals surface area contributed by atoms with Crippen molar-refractivity contribution in [3.63, 3.8) is 0 Å². The lowest BCUT2D eigenvalue weighted by atomic mass is 9.69. The molecular weight excluding hydrogens is 546 g/mol. The molecule has 2 saturated heterocycles. The fraction of sp³-hybridized carbons (Fsp3) is 0.900. The van der Waals surface area contributed by atoms with Crippen LogP contribution in [0.3, 0.4) is 0 Å². The lowest BCUT2D eigenvalue weighted by molar-refractivity contribution is -0.284. The Balaban J connectivity index is 2.54. The third-order valence-electron chi connectivity index (χ3n) is 9.20. The van der Waals surface area contributed by atoms with E-state index in [0.29, 0.717) is 6.42 Å². The van der Waals surface area contributed by atoms with Crippen molar-refractivity contribution in [3.05, 3.63) is 10.4 Å². The summed E-state index contributed by atoms with van der Waals surface area (Å²) in [4.78, 5) is 43.4. The standard InChI is InChI=1S/C30H51N3O9/c1-15-13-17(3)40-28(23(15)35)42-26-19(5)24(36)20(6)27(38)41-21(11-10-12-32-33-31)30(9,39)25(37)18(4)22(34)16(2)14-29(26,7)8/h15-21,23,25-26,28,35,37,39H,10-14H2,1-9H3/t15?,16-,17?,18+,19+,20-,21-,23?,25-,26-,28?,30-/m1/s1. The Morgan fingerprint density at radius 1 is 1.02 bits per heavy atom. The highest BCUT2D eigenvalue weighted by Crippen LogP contribution is 2.41.